The Labute approximate surface area is 151 Å². The van der Waals surface area contributed by atoms with E-state index in [1.54, 1.807) is 6.26 Å². The molecule has 0 radical (unpaired) electrons. The van der Waals surface area contributed by atoms with Crippen molar-refractivity contribution < 1.29 is 9.63 Å². The summed E-state index contributed by atoms with van der Waals surface area (Å²) in [5, 5.41) is 14.8. The van der Waals surface area contributed by atoms with E-state index in [-0.39, 0.29) is 0 Å². The summed E-state index contributed by atoms with van der Waals surface area (Å²) >= 11 is 0. The minimum atomic E-state index is -0.400. The summed E-state index contributed by atoms with van der Waals surface area (Å²) in [4.78, 5) is 0. The summed E-state index contributed by atoms with van der Waals surface area (Å²) in [6, 6.07) is 2.10. The number of aromatic nitrogens is 1. The second kappa shape index (κ2) is 5.58. The van der Waals surface area contributed by atoms with Gasteiger partial charge in [0.1, 0.15) is 6.26 Å². The molecule has 0 unspecified atom stereocenters. The van der Waals surface area contributed by atoms with Crippen LogP contribution >= 0.6 is 0 Å². The average molecular weight is 344 g/mol. The second-order valence-electron chi connectivity index (χ2n) is 10.3. The minimum absolute atomic E-state index is 0.400. The Morgan fingerprint density at radius 1 is 1.00 bits per heavy atom. The maximum atomic E-state index is 10.5. The molecule has 0 amide bonds. The van der Waals surface area contributed by atoms with Gasteiger partial charge in [-0.15, -0.1) is 0 Å². The molecule has 0 spiro atoms. The van der Waals surface area contributed by atoms with Crippen LogP contribution in [0.1, 0.15) is 83.2 Å². The number of hydrogen-bond donors (Lipinski definition) is 1. The second-order valence-corrected chi connectivity index (χ2v) is 10.3. The van der Waals surface area contributed by atoms with Gasteiger partial charge in [0, 0.05) is 12.0 Å². The zero-order valence-corrected chi connectivity index (χ0v) is 15.8. The molecule has 0 aliphatic heterocycles. The summed E-state index contributed by atoms with van der Waals surface area (Å²) in [5.41, 5.74) is 1.22. The topological polar surface area (TPSA) is 46.3 Å². The Kier molecular flexibility index (Phi) is 3.65. The third-order valence-electron chi connectivity index (χ3n) is 9.05. The van der Waals surface area contributed by atoms with E-state index in [4.69, 9.17) is 4.52 Å². The molecule has 4 fully saturated rings. The van der Waals surface area contributed by atoms with Crippen molar-refractivity contribution in [3.05, 3.63) is 18.0 Å². The molecule has 0 bridgehead atoms. The zero-order chi connectivity index (χ0) is 17.2. The molecule has 0 aromatic carbocycles. The first-order chi connectivity index (χ1) is 12.0. The maximum Gasteiger partial charge on any atom is 0.124 e. The van der Waals surface area contributed by atoms with Gasteiger partial charge in [0.2, 0.25) is 0 Å². The summed E-state index contributed by atoms with van der Waals surface area (Å²) in [6.45, 7) is 4.62. The van der Waals surface area contributed by atoms with Crippen molar-refractivity contribution in [2.45, 2.75) is 83.2 Å². The molecular formula is C22H33NO2. The van der Waals surface area contributed by atoms with Gasteiger partial charge >= 0.3 is 0 Å². The predicted octanol–water partition coefficient (Wildman–Crippen LogP) is 5.16. The third-order valence-corrected chi connectivity index (χ3v) is 9.05. The van der Waals surface area contributed by atoms with Crippen molar-refractivity contribution >= 4 is 0 Å². The first kappa shape index (κ1) is 16.4. The lowest BCUT2D eigenvalue weighted by Crippen LogP contribution is -2.50. The SMILES string of the molecule is C[C@@]1(O)CC[C@H]2[C@H](CC[C@@H]3[C@@H]2CC[C@]2(C)[C@@H](c4ccon4)CC[C@@H]32)C1. The van der Waals surface area contributed by atoms with Crippen LogP contribution in [-0.2, 0) is 0 Å². The normalized spacial score (nSPS) is 52.3. The molecule has 1 aromatic rings. The van der Waals surface area contributed by atoms with E-state index >= 15 is 0 Å². The van der Waals surface area contributed by atoms with E-state index in [9.17, 15) is 5.11 Å². The summed E-state index contributed by atoms with van der Waals surface area (Å²) in [7, 11) is 0. The van der Waals surface area contributed by atoms with Crippen LogP contribution in [-0.4, -0.2) is 15.9 Å². The highest BCUT2D eigenvalue weighted by Gasteiger charge is 2.58. The molecule has 1 aromatic heterocycles. The third kappa shape index (κ3) is 2.44. The number of nitrogens with zero attached hydrogens (tertiary/aromatic N) is 1. The predicted molar refractivity (Wildman–Crippen MR) is 97.0 cm³/mol. The molecule has 8 atom stereocenters. The standard InChI is InChI=1S/C22H33NO2/c1-21(24)10-7-15-14(13-21)3-4-17-16(15)8-11-22(2)18(17)5-6-19(22)20-9-12-25-23-20/h9,12,14-19,24H,3-8,10-11,13H2,1-2H3/t14-,15+,16-,17-,18+,19-,21-,22+/m1/s1. The van der Waals surface area contributed by atoms with Crippen molar-refractivity contribution in [1.82, 2.24) is 5.16 Å². The lowest BCUT2D eigenvalue weighted by atomic mass is 9.49. The maximum absolute atomic E-state index is 10.5. The van der Waals surface area contributed by atoms with Crippen LogP contribution in [0.5, 0.6) is 0 Å². The molecule has 138 valence electrons. The van der Waals surface area contributed by atoms with E-state index in [1.165, 1.54) is 50.6 Å². The van der Waals surface area contributed by atoms with Gasteiger partial charge in [0.05, 0.1) is 11.3 Å². The van der Waals surface area contributed by atoms with Gasteiger partial charge in [-0.3, -0.25) is 0 Å². The van der Waals surface area contributed by atoms with Gasteiger partial charge in [-0.25, -0.2) is 0 Å². The van der Waals surface area contributed by atoms with Crippen LogP contribution in [0.4, 0.5) is 0 Å². The fourth-order valence-electron chi connectivity index (χ4n) is 7.97. The van der Waals surface area contributed by atoms with Crippen LogP contribution in [0.25, 0.3) is 0 Å². The molecule has 4 aliphatic carbocycles. The van der Waals surface area contributed by atoms with Crippen LogP contribution in [0.2, 0.25) is 0 Å². The first-order valence-electron chi connectivity index (χ1n) is 10.6. The number of aliphatic hydroxyl groups is 1. The molecule has 3 heteroatoms. The molecule has 5 rings (SSSR count). The molecule has 3 nitrogen and oxygen atoms in total. The van der Waals surface area contributed by atoms with Crippen LogP contribution in [0.3, 0.4) is 0 Å². The molecule has 0 saturated heterocycles. The lowest BCUT2D eigenvalue weighted by Gasteiger charge is -2.56. The van der Waals surface area contributed by atoms with Crippen LogP contribution in [0.15, 0.2) is 16.9 Å². The Bertz CT molecular complexity index is 624. The van der Waals surface area contributed by atoms with Gasteiger partial charge < -0.3 is 9.63 Å². The molecule has 1 N–H and O–H groups in total. The highest BCUT2D eigenvalue weighted by Crippen LogP contribution is 2.66. The lowest BCUT2D eigenvalue weighted by molar-refractivity contribution is -0.0960. The van der Waals surface area contributed by atoms with Crippen LogP contribution < -0.4 is 0 Å². The Morgan fingerprint density at radius 3 is 2.64 bits per heavy atom. The van der Waals surface area contributed by atoms with Gasteiger partial charge in [-0.1, -0.05) is 12.1 Å². The summed E-state index contributed by atoms with van der Waals surface area (Å²) in [5.74, 6) is 4.97. The van der Waals surface area contributed by atoms with Crippen molar-refractivity contribution in [3.63, 3.8) is 0 Å². The molecular weight excluding hydrogens is 310 g/mol. The zero-order valence-electron chi connectivity index (χ0n) is 15.8. The Morgan fingerprint density at radius 2 is 1.84 bits per heavy atom. The summed E-state index contributed by atoms with van der Waals surface area (Å²) in [6.07, 6.45) is 13.2. The quantitative estimate of drug-likeness (QED) is 0.766. The monoisotopic (exact) mass is 343 g/mol. The number of fused-ring (bicyclic) bond motifs is 5. The van der Waals surface area contributed by atoms with Gasteiger partial charge in [-0.05, 0) is 99.7 Å². The van der Waals surface area contributed by atoms with E-state index in [2.05, 4.69) is 25.1 Å². The average Bonchev–Trinajstić information content (AvgIpc) is 3.20. The van der Waals surface area contributed by atoms with E-state index in [0.717, 1.165) is 42.4 Å². The van der Waals surface area contributed by atoms with E-state index in [1.807, 2.05) is 0 Å². The van der Waals surface area contributed by atoms with Crippen LogP contribution in [0, 0.1) is 35.0 Å². The van der Waals surface area contributed by atoms with Gasteiger partial charge in [-0.2, -0.15) is 0 Å². The number of hydrogen-bond acceptors (Lipinski definition) is 3. The fourth-order valence-corrected chi connectivity index (χ4v) is 7.97. The van der Waals surface area contributed by atoms with Crippen molar-refractivity contribution in [3.8, 4) is 0 Å². The Balaban J connectivity index is 1.39. The molecule has 4 saturated carbocycles. The minimum Gasteiger partial charge on any atom is -0.390 e. The highest BCUT2D eigenvalue weighted by molar-refractivity contribution is 5.17. The van der Waals surface area contributed by atoms with Crippen molar-refractivity contribution in [2.24, 2.45) is 35.0 Å². The highest BCUT2D eigenvalue weighted by atomic mass is 16.5. The van der Waals surface area contributed by atoms with E-state index < -0.39 is 5.60 Å². The van der Waals surface area contributed by atoms with Crippen molar-refractivity contribution in [2.75, 3.05) is 0 Å². The first-order valence-corrected chi connectivity index (χ1v) is 10.6. The summed E-state index contributed by atoms with van der Waals surface area (Å²) < 4.78 is 5.17. The van der Waals surface area contributed by atoms with E-state index in [0.29, 0.717) is 11.3 Å². The molecule has 25 heavy (non-hydrogen) atoms. The fraction of sp³-hybridized carbons (Fsp3) is 0.864. The van der Waals surface area contributed by atoms with Gasteiger partial charge in [0.15, 0.2) is 0 Å². The number of rotatable bonds is 1. The largest absolute Gasteiger partial charge is 0.390 e. The molecule has 1 heterocycles. The smallest absolute Gasteiger partial charge is 0.124 e. The van der Waals surface area contributed by atoms with Crippen molar-refractivity contribution in [1.29, 1.82) is 0 Å². The molecule has 4 aliphatic rings. The Hall–Kier alpha value is -0.830. The van der Waals surface area contributed by atoms with Gasteiger partial charge in [0.25, 0.3) is 0 Å².